The first-order valence-electron chi connectivity index (χ1n) is 5.16. The normalized spacial score (nSPS) is 13.0. The zero-order chi connectivity index (χ0) is 12.9. The van der Waals surface area contributed by atoms with Crippen LogP contribution >= 0.6 is 21.6 Å². The highest BCUT2D eigenvalue weighted by Gasteiger charge is 2.08. The van der Waals surface area contributed by atoms with Crippen LogP contribution in [0, 0.1) is 0 Å². The topological polar surface area (TPSA) is 47.4 Å². The minimum atomic E-state index is -0.565. The molecule has 0 unspecified atom stereocenters. The number of nitrogens with zero attached hydrogens (tertiary/aromatic N) is 3. The average molecular weight is 276 g/mol. The van der Waals surface area contributed by atoms with Gasteiger partial charge in [0.25, 0.3) is 0 Å². The predicted molar refractivity (Wildman–Crippen MR) is 76.3 cm³/mol. The molecule has 0 fully saturated rings. The van der Waals surface area contributed by atoms with Gasteiger partial charge in [0.05, 0.1) is 12.2 Å². The summed E-state index contributed by atoms with van der Waals surface area (Å²) in [5.41, 5.74) is 0.751. The second-order valence-corrected chi connectivity index (χ2v) is 9.36. The molecule has 0 spiro atoms. The van der Waals surface area contributed by atoms with Gasteiger partial charge in [-0.15, -0.1) is 0 Å². The molecule has 1 heterocycles. The van der Waals surface area contributed by atoms with E-state index in [1.54, 1.807) is 19.5 Å². The van der Waals surface area contributed by atoms with E-state index >= 15 is 0 Å². The molecule has 0 amide bonds. The van der Waals surface area contributed by atoms with Gasteiger partial charge in [-0.2, -0.15) is 4.98 Å². The zero-order valence-corrected chi connectivity index (χ0v) is 12.2. The molecule has 1 aromatic rings. The van der Waals surface area contributed by atoms with Crippen molar-refractivity contribution in [3.8, 4) is 5.88 Å². The van der Waals surface area contributed by atoms with Crippen LogP contribution in [0.1, 0.15) is 5.56 Å². The van der Waals surface area contributed by atoms with E-state index in [-0.39, 0.29) is 5.28 Å². The van der Waals surface area contributed by atoms with Gasteiger partial charge >= 0.3 is 0 Å². The first-order valence-corrected chi connectivity index (χ1v) is 8.56. The summed E-state index contributed by atoms with van der Waals surface area (Å²) in [6, 6.07) is 0. The van der Waals surface area contributed by atoms with Gasteiger partial charge in [0, 0.05) is 25.2 Å². The maximum atomic E-state index is 5.74. The van der Waals surface area contributed by atoms with E-state index < -0.39 is 10.0 Å². The summed E-state index contributed by atoms with van der Waals surface area (Å²) in [6.07, 6.45) is 10.0. The van der Waals surface area contributed by atoms with E-state index in [0.29, 0.717) is 12.5 Å². The minimum absolute atomic E-state index is 0.191. The Hall–Kier alpha value is -0.810. The third-order valence-corrected chi connectivity index (χ3v) is 3.53. The minimum Gasteiger partial charge on any atom is -0.476 e. The standard InChI is InChI=1S/C11H18ClN3OS/c1-13-7-9-8-14-11(12)15-10(9)16-5-6-17(2,3)4/h7-8H,5-6H2,1-4H3. The summed E-state index contributed by atoms with van der Waals surface area (Å²) in [6.45, 7) is 0.636. The summed E-state index contributed by atoms with van der Waals surface area (Å²) >= 11 is 5.74. The van der Waals surface area contributed by atoms with Gasteiger partial charge in [-0.05, 0) is 30.4 Å². The highest BCUT2D eigenvalue weighted by molar-refractivity contribution is 8.32. The average Bonchev–Trinajstić information content (AvgIpc) is 2.20. The lowest BCUT2D eigenvalue weighted by molar-refractivity contribution is 0.328. The van der Waals surface area contributed by atoms with E-state index in [1.807, 2.05) is 0 Å². The second kappa shape index (κ2) is 6.21. The number of ether oxygens (including phenoxy) is 1. The molecule has 0 aliphatic rings. The first-order chi connectivity index (χ1) is 7.92. The van der Waals surface area contributed by atoms with Crippen molar-refractivity contribution in [3.63, 3.8) is 0 Å². The van der Waals surface area contributed by atoms with E-state index in [9.17, 15) is 0 Å². The monoisotopic (exact) mass is 275 g/mol. The Morgan fingerprint density at radius 3 is 2.76 bits per heavy atom. The van der Waals surface area contributed by atoms with Crippen molar-refractivity contribution < 1.29 is 4.74 Å². The van der Waals surface area contributed by atoms with Crippen molar-refractivity contribution in [1.82, 2.24) is 9.97 Å². The van der Waals surface area contributed by atoms with E-state index in [4.69, 9.17) is 16.3 Å². The number of hydrogen-bond donors (Lipinski definition) is 0. The number of hydrogen-bond acceptors (Lipinski definition) is 4. The van der Waals surface area contributed by atoms with Crippen LogP contribution in [0.2, 0.25) is 5.28 Å². The fourth-order valence-electron chi connectivity index (χ4n) is 1.09. The molecule has 0 saturated heterocycles. The Morgan fingerprint density at radius 2 is 2.18 bits per heavy atom. The third kappa shape index (κ3) is 5.37. The molecule has 96 valence electrons. The SMILES string of the molecule is CN=Cc1cnc(Cl)nc1OCCS(C)(C)C. The molecule has 0 saturated carbocycles. The predicted octanol–water partition coefficient (Wildman–Crippen LogP) is 2.25. The van der Waals surface area contributed by atoms with Crippen LogP contribution in [0.25, 0.3) is 0 Å². The highest BCUT2D eigenvalue weighted by Crippen LogP contribution is 2.33. The molecule has 0 aliphatic carbocycles. The molecule has 0 aliphatic heterocycles. The second-order valence-electron chi connectivity index (χ2n) is 4.43. The van der Waals surface area contributed by atoms with Gasteiger partial charge in [-0.25, -0.2) is 15.0 Å². The molecule has 1 rings (SSSR count). The van der Waals surface area contributed by atoms with Gasteiger partial charge in [-0.1, -0.05) is 0 Å². The van der Waals surface area contributed by atoms with E-state index in [1.165, 1.54) is 0 Å². The van der Waals surface area contributed by atoms with Gasteiger partial charge in [-0.3, -0.25) is 4.99 Å². The smallest absolute Gasteiger partial charge is 0.226 e. The van der Waals surface area contributed by atoms with Crippen molar-refractivity contribution in [3.05, 3.63) is 17.0 Å². The quantitative estimate of drug-likeness (QED) is 0.612. The van der Waals surface area contributed by atoms with Crippen molar-refractivity contribution in [2.75, 3.05) is 38.2 Å². The Morgan fingerprint density at radius 1 is 1.47 bits per heavy atom. The highest BCUT2D eigenvalue weighted by atomic mass is 35.5. The summed E-state index contributed by atoms with van der Waals surface area (Å²) < 4.78 is 5.64. The van der Waals surface area contributed by atoms with Crippen LogP contribution in [0.5, 0.6) is 5.88 Å². The summed E-state index contributed by atoms with van der Waals surface area (Å²) in [7, 11) is 1.13. The lowest BCUT2D eigenvalue weighted by Gasteiger charge is -2.24. The van der Waals surface area contributed by atoms with E-state index in [0.717, 1.165) is 11.3 Å². The zero-order valence-electron chi connectivity index (χ0n) is 10.6. The van der Waals surface area contributed by atoms with Crippen molar-refractivity contribution in [2.45, 2.75) is 0 Å². The van der Waals surface area contributed by atoms with Crippen LogP contribution in [0.3, 0.4) is 0 Å². The first kappa shape index (κ1) is 14.3. The fourth-order valence-corrected chi connectivity index (χ4v) is 1.80. The molecule has 4 nitrogen and oxygen atoms in total. The Balaban J connectivity index is 2.71. The Labute approximate surface area is 109 Å². The number of aromatic nitrogens is 2. The molecule has 0 bridgehead atoms. The number of rotatable bonds is 5. The lowest BCUT2D eigenvalue weighted by Crippen LogP contribution is -2.11. The van der Waals surface area contributed by atoms with Gasteiger partial charge in [0.1, 0.15) is 0 Å². The molecular formula is C11H18ClN3OS. The van der Waals surface area contributed by atoms with Crippen molar-refractivity contribution in [2.24, 2.45) is 4.99 Å². The maximum Gasteiger partial charge on any atom is 0.226 e. The molecule has 0 radical (unpaired) electrons. The van der Waals surface area contributed by atoms with Gasteiger partial charge < -0.3 is 4.74 Å². The van der Waals surface area contributed by atoms with Crippen molar-refractivity contribution >= 4 is 27.8 Å². The van der Waals surface area contributed by atoms with Crippen LogP contribution in [-0.4, -0.2) is 54.4 Å². The fraction of sp³-hybridized carbons (Fsp3) is 0.545. The summed E-state index contributed by atoms with van der Waals surface area (Å²) in [4.78, 5) is 11.9. The largest absolute Gasteiger partial charge is 0.476 e. The lowest BCUT2D eigenvalue weighted by atomic mass is 10.3. The maximum absolute atomic E-state index is 5.74. The molecule has 0 N–H and O–H groups in total. The van der Waals surface area contributed by atoms with Gasteiger partial charge in [0.15, 0.2) is 0 Å². The molecule has 0 atom stereocenters. The van der Waals surface area contributed by atoms with Crippen LogP contribution in [0.4, 0.5) is 0 Å². The molecule has 17 heavy (non-hydrogen) atoms. The van der Waals surface area contributed by atoms with Crippen LogP contribution in [-0.2, 0) is 0 Å². The Bertz CT molecular complexity index is 404. The number of aliphatic imine (C=N–C) groups is 1. The van der Waals surface area contributed by atoms with Crippen LogP contribution < -0.4 is 4.74 Å². The van der Waals surface area contributed by atoms with Crippen molar-refractivity contribution in [1.29, 1.82) is 0 Å². The summed E-state index contributed by atoms with van der Waals surface area (Å²) in [5, 5.41) is 0.191. The van der Waals surface area contributed by atoms with Gasteiger partial charge in [0.2, 0.25) is 11.2 Å². The number of halogens is 1. The summed E-state index contributed by atoms with van der Waals surface area (Å²) in [5.74, 6) is 1.52. The molecule has 1 aromatic heterocycles. The Kier molecular flexibility index (Phi) is 5.21. The molecule has 6 heteroatoms. The van der Waals surface area contributed by atoms with E-state index in [2.05, 4.69) is 33.7 Å². The third-order valence-electron chi connectivity index (χ3n) is 1.95. The van der Waals surface area contributed by atoms with Crippen LogP contribution in [0.15, 0.2) is 11.2 Å². The molecule has 0 aromatic carbocycles. The molecular weight excluding hydrogens is 258 g/mol.